The first kappa shape index (κ1) is 20.5. The van der Waals surface area contributed by atoms with Crippen molar-refractivity contribution in [3.05, 3.63) is 120 Å². The SMILES string of the molecule is N#Cc1ccc(-c2ccc([C@@]3(NC(=O)c4ccccc4)CCOc4cccnc43)cc2)cc1. The summed E-state index contributed by atoms with van der Waals surface area (Å²) in [6.07, 6.45) is 2.29. The highest BCUT2D eigenvalue weighted by atomic mass is 16.5. The maximum Gasteiger partial charge on any atom is 0.252 e. The van der Waals surface area contributed by atoms with Crippen molar-refractivity contribution in [1.82, 2.24) is 10.3 Å². The number of amides is 1. The fourth-order valence-corrected chi connectivity index (χ4v) is 4.27. The number of rotatable bonds is 4. The number of pyridine rings is 1. The standard InChI is InChI=1S/C28H21N3O2/c29-19-20-8-10-21(11-9-20)22-12-14-24(15-13-22)28(31-27(32)23-5-2-1-3-6-23)16-18-33-25-7-4-17-30-26(25)28/h1-15,17H,16,18H2,(H,31,32)/t28-/m0/s1. The minimum Gasteiger partial charge on any atom is -0.491 e. The Kier molecular flexibility index (Phi) is 5.34. The van der Waals surface area contributed by atoms with E-state index in [1.807, 2.05) is 78.9 Å². The number of nitriles is 1. The van der Waals surface area contributed by atoms with E-state index in [-0.39, 0.29) is 5.91 Å². The first-order chi connectivity index (χ1) is 16.2. The van der Waals surface area contributed by atoms with Gasteiger partial charge >= 0.3 is 0 Å². The van der Waals surface area contributed by atoms with Gasteiger partial charge in [-0.25, -0.2) is 0 Å². The number of benzene rings is 3. The zero-order valence-corrected chi connectivity index (χ0v) is 17.9. The monoisotopic (exact) mass is 431 g/mol. The molecule has 0 saturated carbocycles. The lowest BCUT2D eigenvalue weighted by Gasteiger charge is -2.39. The Hall–Kier alpha value is -4.43. The minimum atomic E-state index is -0.815. The van der Waals surface area contributed by atoms with E-state index in [1.54, 1.807) is 18.3 Å². The van der Waals surface area contributed by atoms with Crippen molar-refractivity contribution in [3.8, 4) is 22.9 Å². The van der Waals surface area contributed by atoms with E-state index in [4.69, 9.17) is 10.00 Å². The molecule has 0 saturated heterocycles. The van der Waals surface area contributed by atoms with Crippen LogP contribution in [-0.2, 0) is 5.54 Å². The van der Waals surface area contributed by atoms with Crippen LogP contribution in [0.4, 0.5) is 0 Å². The molecule has 1 aliphatic rings. The highest BCUT2D eigenvalue weighted by Crippen LogP contribution is 2.41. The Balaban J connectivity index is 1.57. The topological polar surface area (TPSA) is 75.0 Å². The number of fused-ring (bicyclic) bond motifs is 1. The van der Waals surface area contributed by atoms with Crippen molar-refractivity contribution in [2.24, 2.45) is 0 Å². The molecular weight excluding hydrogens is 410 g/mol. The third kappa shape index (κ3) is 3.83. The first-order valence-electron chi connectivity index (χ1n) is 10.8. The number of hydrogen-bond acceptors (Lipinski definition) is 4. The van der Waals surface area contributed by atoms with Gasteiger partial charge in [0.05, 0.1) is 18.2 Å². The molecule has 0 fully saturated rings. The van der Waals surface area contributed by atoms with Crippen molar-refractivity contribution < 1.29 is 9.53 Å². The fourth-order valence-electron chi connectivity index (χ4n) is 4.27. The van der Waals surface area contributed by atoms with Gasteiger partial charge in [0.2, 0.25) is 0 Å². The van der Waals surface area contributed by atoms with Crippen LogP contribution in [0.25, 0.3) is 11.1 Å². The van der Waals surface area contributed by atoms with Gasteiger partial charge in [0.25, 0.3) is 5.91 Å². The van der Waals surface area contributed by atoms with Crippen LogP contribution in [0.2, 0.25) is 0 Å². The average Bonchev–Trinajstić information content (AvgIpc) is 2.89. The molecule has 1 amide bonds. The fraction of sp³-hybridized carbons (Fsp3) is 0.107. The van der Waals surface area contributed by atoms with E-state index in [2.05, 4.69) is 16.4 Å². The molecule has 0 aliphatic carbocycles. The Morgan fingerprint density at radius 3 is 2.30 bits per heavy atom. The van der Waals surface area contributed by atoms with E-state index < -0.39 is 5.54 Å². The second-order valence-electron chi connectivity index (χ2n) is 7.94. The normalized spacial score (nSPS) is 16.7. The lowest BCUT2D eigenvalue weighted by atomic mass is 9.80. The van der Waals surface area contributed by atoms with Crippen LogP contribution in [0.1, 0.15) is 33.6 Å². The predicted molar refractivity (Wildman–Crippen MR) is 126 cm³/mol. The lowest BCUT2D eigenvalue weighted by molar-refractivity contribution is 0.0883. The largest absolute Gasteiger partial charge is 0.491 e. The summed E-state index contributed by atoms with van der Waals surface area (Å²) in [4.78, 5) is 17.9. The van der Waals surface area contributed by atoms with Crippen molar-refractivity contribution in [3.63, 3.8) is 0 Å². The van der Waals surface area contributed by atoms with Crippen molar-refractivity contribution in [2.45, 2.75) is 12.0 Å². The van der Waals surface area contributed by atoms with Gasteiger partial charge in [-0.3, -0.25) is 9.78 Å². The molecule has 0 radical (unpaired) electrons. The molecule has 0 bridgehead atoms. The van der Waals surface area contributed by atoms with E-state index in [9.17, 15) is 4.79 Å². The van der Waals surface area contributed by atoms with Gasteiger partial charge in [-0.2, -0.15) is 5.26 Å². The Morgan fingerprint density at radius 2 is 1.61 bits per heavy atom. The van der Waals surface area contributed by atoms with Gasteiger partial charge in [0.15, 0.2) is 0 Å². The quantitative estimate of drug-likeness (QED) is 0.489. The number of ether oxygens (including phenoxy) is 1. The smallest absolute Gasteiger partial charge is 0.252 e. The zero-order valence-electron chi connectivity index (χ0n) is 17.9. The van der Waals surface area contributed by atoms with Crippen LogP contribution < -0.4 is 10.1 Å². The average molecular weight is 431 g/mol. The second kappa shape index (κ2) is 8.60. The minimum absolute atomic E-state index is 0.162. The third-order valence-electron chi connectivity index (χ3n) is 6.00. The number of hydrogen-bond donors (Lipinski definition) is 1. The van der Waals surface area contributed by atoms with Gasteiger partial charge in [-0.15, -0.1) is 0 Å². The maximum absolute atomic E-state index is 13.2. The molecule has 1 N–H and O–H groups in total. The summed E-state index contributed by atoms with van der Waals surface area (Å²) in [6, 6.07) is 30.7. The number of nitrogens with one attached hydrogen (secondary N) is 1. The molecule has 33 heavy (non-hydrogen) atoms. The van der Waals surface area contributed by atoms with Crippen LogP contribution in [0.15, 0.2) is 97.2 Å². The van der Waals surface area contributed by atoms with E-state index in [0.717, 1.165) is 16.7 Å². The van der Waals surface area contributed by atoms with Gasteiger partial charge in [0, 0.05) is 18.2 Å². The van der Waals surface area contributed by atoms with Crippen LogP contribution in [0.3, 0.4) is 0 Å². The van der Waals surface area contributed by atoms with Crippen molar-refractivity contribution in [2.75, 3.05) is 6.61 Å². The van der Waals surface area contributed by atoms with Gasteiger partial charge in [-0.1, -0.05) is 54.6 Å². The number of nitrogens with zero attached hydrogens (tertiary/aromatic N) is 2. The molecule has 5 rings (SSSR count). The van der Waals surface area contributed by atoms with Gasteiger partial charge in [-0.05, 0) is 53.1 Å². The summed E-state index contributed by atoms with van der Waals surface area (Å²) in [5.74, 6) is 0.513. The van der Waals surface area contributed by atoms with E-state index in [1.165, 1.54) is 0 Å². The van der Waals surface area contributed by atoms with Crippen LogP contribution in [-0.4, -0.2) is 17.5 Å². The highest BCUT2D eigenvalue weighted by molar-refractivity contribution is 5.95. The van der Waals surface area contributed by atoms with Crippen LogP contribution >= 0.6 is 0 Å². The van der Waals surface area contributed by atoms with E-state index >= 15 is 0 Å². The summed E-state index contributed by atoms with van der Waals surface area (Å²) in [6.45, 7) is 0.463. The highest BCUT2D eigenvalue weighted by Gasteiger charge is 2.42. The molecule has 1 aliphatic heterocycles. The molecule has 1 aromatic heterocycles. The van der Waals surface area contributed by atoms with Crippen molar-refractivity contribution in [1.29, 1.82) is 5.26 Å². The molecule has 0 unspecified atom stereocenters. The maximum atomic E-state index is 13.2. The Labute approximate surface area is 192 Å². The van der Waals surface area contributed by atoms with Gasteiger partial charge < -0.3 is 10.1 Å². The first-order valence-corrected chi connectivity index (χ1v) is 10.8. The molecule has 2 heterocycles. The van der Waals surface area contributed by atoms with Crippen LogP contribution in [0, 0.1) is 11.3 Å². The Morgan fingerprint density at radius 1 is 0.909 bits per heavy atom. The molecule has 4 aromatic rings. The predicted octanol–water partition coefficient (Wildman–Crippen LogP) is 5.08. The van der Waals surface area contributed by atoms with Crippen LogP contribution in [0.5, 0.6) is 5.75 Å². The molecule has 5 nitrogen and oxygen atoms in total. The van der Waals surface area contributed by atoms with E-state index in [0.29, 0.717) is 35.6 Å². The lowest BCUT2D eigenvalue weighted by Crippen LogP contribution is -2.50. The summed E-state index contributed by atoms with van der Waals surface area (Å²) in [7, 11) is 0. The molecular formula is C28H21N3O2. The van der Waals surface area contributed by atoms with Gasteiger partial charge in [0.1, 0.15) is 17.0 Å². The third-order valence-corrected chi connectivity index (χ3v) is 6.00. The Bertz CT molecular complexity index is 1330. The zero-order chi connectivity index (χ0) is 22.7. The molecule has 5 heteroatoms. The number of carbonyl (C=O) groups is 1. The molecule has 3 aromatic carbocycles. The number of aromatic nitrogens is 1. The van der Waals surface area contributed by atoms with Crippen molar-refractivity contribution >= 4 is 5.91 Å². The molecule has 0 spiro atoms. The molecule has 1 atom stereocenters. The second-order valence-corrected chi connectivity index (χ2v) is 7.94. The summed E-state index contributed by atoms with van der Waals surface area (Å²) >= 11 is 0. The number of carbonyl (C=O) groups excluding carboxylic acids is 1. The molecule has 160 valence electrons. The summed E-state index contributed by atoms with van der Waals surface area (Å²) in [5.41, 5.74) is 4.09. The summed E-state index contributed by atoms with van der Waals surface area (Å²) < 4.78 is 5.86. The summed E-state index contributed by atoms with van der Waals surface area (Å²) in [5, 5.41) is 12.3.